The van der Waals surface area contributed by atoms with Gasteiger partial charge in [0.1, 0.15) is 5.75 Å². The summed E-state index contributed by atoms with van der Waals surface area (Å²) in [7, 11) is 0. The maximum Gasteiger partial charge on any atom is 0.300 e. The molecule has 0 unspecified atom stereocenters. The van der Waals surface area contributed by atoms with Gasteiger partial charge in [0, 0.05) is 48.5 Å². The lowest BCUT2D eigenvalue weighted by Gasteiger charge is -2.32. The average Bonchev–Trinajstić information content (AvgIpc) is 2.95. The summed E-state index contributed by atoms with van der Waals surface area (Å²) in [5.74, 6) is -0.706. The number of carbonyl (C=O) groups is 3. The first-order valence-electron chi connectivity index (χ1n) is 12.7. The summed E-state index contributed by atoms with van der Waals surface area (Å²) in [6, 6.07) is 22.9. The van der Waals surface area contributed by atoms with E-state index >= 15 is 0 Å². The van der Waals surface area contributed by atoms with Gasteiger partial charge in [-0.15, -0.1) is 0 Å². The topological polar surface area (TPSA) is 140 Å². The number of anilines is 1. The lowest BCUT2D eigenvalue weighted by molar-refractivity contribution is -0.134. The van der Waals surface area contributed by atoms with Crippen molar-refractivity contribution >= 4 is 29.2 Å². The molecule has 1 aliphatic heterocycles. The number of phenolic OH excluding ortho intramolecular Hbond substituents is 1. The van der Waals surface area contributed by atoms with Crippen LogP contribution < -0.4 is 5.32 Å². The second kappa shape index (κ2) is 14.3. The van der Waals surface area contributed by atoms with Crippen LogP contribution in [0.1, 0.15) is 58.9 Å². The van der Waals surface area contributed by atoms with E-state index in [0.717, 1.165) is 26.2 Å². The Bertz CT molecular complexity index is 1280. The summed E-state index contributed by atoms with van der Waals surface area (Å²) in [5.41, 5.74) is 2.51. The van der Waals surface area contributed by atoms with Gasteiger partial charge >= 0.3 is 0 Å². The summed E-state index contributed by atoms with van der Waals surface area (Å²) in [6.45, 7) is 2.48. The molecule has 204 valence electrons. The lowest BCUT2D eigenvalue weighted by Crippen LogP contribution is -2.38. The number of amides is 2. The van der Waals surface area contributed by atoms with E-state index in [0.29, 0.717) is 53.5 Å². The molecule has 9 nitrogen and oxygen atoms in total. The zero-order valence-electron chi connectivity index (χ0n) is 21.8. The van der Waals surface area contributed by atoms with Crippen molar-refractivity contribution in [2.45, 2.75) is 32.6 Å². The molecule has 3 aromatic rings. The van der Waals surface area contributed by atoms with E-state index in [1.807, 2.05) is 41.3 Å². The van der Waals surface area contributed by atoms with E-state index in [-0.39, 0.29) is 17.6 Å². The fourth-order valence-electron chi connectivity index (χ4n) is 4.41. The van der Waals surface area contributed by atoms with Crippen molar-refractivity contribution in [1.82, 2.24) is 4.90 Å². The van der Waals surface area contributed by atoms with Crippen LogP contribution in [0.5, 0.6) is 5.75 Å². The van der Waals surface area contributed by atoms with Gasteiger partial charge < -0.3 is 25.6 Å². The van der Waals surface area contributed by atoms with Crippen molar-refractivity contribution in [2.24, 2.45) is 11.1 Å². The molecule has 0 aliphatic carbocycles. The molecule has 2 amide bonds. The SMILES string of the molecule is CC(=O)O.O=C(Nc1ccc(C(CCC2CCN(C(=O)c3ccccc3)CC2)=NO)c(O)c1)c1ccccc1. The number of nitrogens with zero attached hydrogens (tertiary/aromatic N) is 2. The van der Waals surface area contributed by atoms with Gasteiger partial charge in [-0.05, 0) is 68.0 Å². The molecular weight excluding hydrogens is 498 g/mol. The number of aliphatic carboxylic acids is 1. The molecular formula is C30H33N3O6. The summed E-state index contributed by atoms with van der Waals surface area (Å²) in [6.07, 6.45) is 3.05. The molecule has 1 aliphatic rings. The van der Waals surface area contributed by atoms with Crippen LogP contribution in [0.2, 0.25) is 0 Å². The number of nitrogens with one attached hydrogen (secondary N) is 1. The van der Waals surface area contributed by atoms with Crippen LogP contribution in [0, 0.1) is 5.92 Å². The Hall–Kier alpha value is -4.66. The van der Waals surface area contributed by atoms with Gasteiger partial charge in [-0.2, -0.15) is 0 Å². The quantitative estimate of drug-likeness (QED) is 0.187. The van der Waals surface area contributed by atoms with Crippen LogP contribution in [-0.2, 0) is 4.79 Å². The van der Waals surface area contributed by atoms with E-state index in [1.54, 1.807) is 36.4 Å². The van der Waals surface area contributed by atoms with Crippen LogP contribution in [0.25, 0.3) is 0 Å². The predicted octanol–water partition coefficient (Wildman–Crippen LogP) is 5.25. The van der Waals surface area contributed by atoms with Crippen molar-refractivity contribution in [2.75, 3.05) is 18.4 Å². The smallest absolute Gasteiger partial charge is 0.300 e. The van der Waals surface area contributed by atoms with Gasteiger partial charge in [-0.3, -0.25) is 14.4 Å². The van der Waals surface area contributed by atoms with Crippen LogP contribution in [0.4, 0.5) is 5.69 Å². The number of carboxylic acids is 1. The summed E-state index contributed by atoms with van der Waals surface area (Å²) < 4.78 is 0. The molecule has 3 aromatic carbocycles. The van der Waals surface area contributed by atoms with E-state index in [4.69, 9.17) is 9.90 Å². The number of carboxylic acid groups (broad SMARTS) is 1. The minimum Gasteiger partial charge on any atom is -0.507 e. The molecule has 0 spiro atoms. The Morgan fingerprint density at radius 1 is 0.923 bits per heavy atom. The lowest BCUT2D eigenvalue weighted by atomic mass is 9.89. The highest BCUT2D eigenvalue weighted by Gasteiger charge is 2.24. The van der Waals surface area contributed by atoms with Crippen LogP contribution in [0.3, 0.4) is 0 Å². The van der Waals surface area contributed by atoms with Gasteiger partial charge in [0.25, 0.3) is 17.8 Å². The number of rotatable bonds is 7. The summed E-state index contributed by atoms with van der Waals surface area (Å²) in [5, 5.41) is 33.7. The highest BCUT2D eigenvalue weighted by molar-refractivity contribution is 6.06. The third kappa shape index (κ3) is 8.70. The number of oxime groups is 1. The Morgan fingerprint density at radius 2 is 1.49 bits per heavy atom. The van der Waals surface area contributed by atoms with Crippen LogP contribution in [-0.4, -0.2) is 56.9 Å². The molecule has 4 N–H and O–H groups in total. The highest BCUT2D eigenvalue weighted by atomic mass is 16.4. The molecule has 4 rings (SSSR count). The molecule has 0 bridgehead atoms. The van der Waals surface area contributed by atoms with E-state index in [2.05, 4.69) is 10.5 Å². The van der Waals surface area contributed by atoms with E-state index in [9.17, 15) is 19.9 Å². The highest BCUT2D eigenvalue weighted by Crippen LogP contribution is 2.28. The Morgan fingerprint density at radius 3 is 2.03 bits per heavy atom. The number of aromatic hydroxyl groups is 1. The Labute approximate surface area is 227 Å². The zero-order valence-corrected chi connectivity index (χ0v) is 21.8. The second-order valence-corrected chi connectivity index (χ2v) is 9.26. The predicted molar refractivity (Wildman–Crippen MR) is 148 cm³/mol. The Balaban J connectivity index is 0.000000983. The normalized spacial score (nSPS) is 13.7. The Kier molecular flexibility index (Phi) is 10.6. The molecule has 1 heterocycles. The van der Waals surface area contributed by atoms with Gasteiger partial charge in [0.05, 0.1) is 5.71 Å². The van der Waals surface area contributed by atoms with E-state index in [1.165, 1.54) is 6.07 Å². The second-order valence-electron chi connectivity index (χ2n) is 9.26. The molecule has 1 saturated heterocycles. The molecule has 9 heteroatoms. The molecule has 0 aromatic heterocycles. The number of benzene rings is 3. The summed E-state index contributed by atoms with van der Waals surface area (Å²) >= 11 is 0. The number of carbonyl (C=O) groups excluding carboxylic acids is 2. The summed E-state index contributed by atoms with van der Waals surface area (Å²) in [4.78, 5) is 35.9. The van der Waals surface area contributed by atoms with Crippen LogP contribution >= 0.6 is 0 Å². The van der Waals surface area contributed by atoms with Crippen molar-refractivity contribution in [3.63, 3.8) is 0 Å². The molecule has 0 radical (unpaired) electrons. The fraction of sp³-hybridized carbons (Fsp3) is 0.267. The molecule has 0 saturated carbocycles. The van der Waals surface area contributed by atoms with Crippen molar-refractivity contribution < 1.29 is 29.8 Å². The first-order valence-corrected chi connectivity index (χ1v) is 12.7. The van der Waals surface area contributed by atoms with Gasteiger partial charge in [-0.25, -0.2) is 0 Å². The standard InChI is InChI=1S/C28H29N3O4.C2H4O2/c32-26-19-23(29-27(33)21-7-3-1-4-8-21)12-13-24(26)25(30-35)14-11-20-15-17-31(18-16-20)28(34)22-9-5-2-6-10-22;1-2(3)4/h1-10,12-13,19-20,32,35H,11,14-18H2,(H,29,33);1H3,(H,3,4). The van der Waals surface area contributed by atoms with Gasteiger partial charge in [-0.1, -0.05) is 41.6 Å². The maximum atomic E-state index is 12.6. The van der Waals surface area contributed by atoms with Crippen molar-refractivity contribution in [3.8, 4) is 5.75 Å². The van der Waals surface area contributed by atoms with Gasteiger partial charge in [0.2, 0.25) is 0 Å². The van der Waals surface area contributed by atoms with Crippen molar-refractivity contribution in [1.29, 1.82) is 0 Å². The number of piperidine rings is 1. The van der Waals surface area contributed by atoms with Crippen LogP contribution in [0.15, 0.2) is 84.0 Å². The third-order valence-electron chi connectivity index (χ3n) is 6.44. The number of phenols is 1. The molecule has 0 atom stereocenters. The van der Waals surface area contributed by atoms with E-state index < -0.39 is 5.97 Å². The van der Waals surface area contributed by atoms with Crippen molar-refractivity contribution in [3.05, 3.63) is 95.6 Å². The van der Waals surface area contributed by atoms with Gasteiger partial charge in [0.15, 0.2) is 0 Å². The molecule has 39 heavy (non-hydrogen) atoms. The third-order valence-corrected chi connectivity index (χ3v) is 6.44. The zero-order chi connectivity index (χ0) is 28.2. The first kappa shape index (κ1) is 28.9. The minimum atomic E-state index is -0.833. The monoisotopic (exact) mass is 531 g/mol. The average molecular weight is 532 g/mol. The number of likely N-dealkylation sites (tertiary alicyclic amines) is 1. The largest absolute Gasteiger partial charge is 0.507 e. The fourth-order valence-corrected chi connectivity index (χ4v) is 4.41. The number of hydrogen-bond acceptors (Lipinski definition) is 6. The minimum absolute atomic E-state index is 0.0611. The number of hydrogen-bond donors (Lipinski definition) is 4. The molecule has 1 fully saturated rings. The maximum absolute atomic E-state index is 12.6. The first-order chi connectivity index (χ1) is 18.8.